The highest BCUT2D eigenvalue weighted by Crippen LogP contribution is 2.30. The number of benzene rings is 2. The first kappa shape index (κ1) is 25.7. The van der Waals surface area contributed by atoms with Crippen LogP contribution in [0.4, 0.5) is 0 Å². The monoisotopic (exact) mass is 553 g/mol. The molecule has 5 heterocycles. The number of pyridine rings is 1. The van der Waals surface area contributed by atoms with Gasteiger partial charge < -0.3 is 23.7 Å². The smallest absolute Gasteiger partial charge is 0.335 e. The Hall–Kier alpha value is -4.28. The number of carboxylic acid groups (broad SMARTS) is 1. The van der Waals surface area contributed by atoms with Crippen molar-refractivity contribution < 1.29 is 23.9 Å². The fraction of sp³-hybridized carbons (Fsp3) is 0.355. The van der Waals surface area contributed by atoms with Crippen molar-refractivity contribution in [2.45, 2.75) is 51.0 Å². The van der Waals surface area contributed by atoms with E-state index in [9.17, 15) is 9.90 Å². The average molecular weight is 554 g/mol. The van der Waals surface area contributed by atoms with Gasteiger partial charge in [-0.25, -0.2) is 14.8 Å². The molecule has 1 N–H and O–H groups in total. The van der Waals surface area contributed by atoms with Crippen molar-refractivity contribution in [1.29, 1.82) is 0 Å². The van der Waals surface area contributed by atoms with Crippen LogP contribution in [-0.4, -0.2) is 61.5 Å². The van der Waals surface area contributed by atoms with Crippen molar-refractivity contribution in [2.75, 3.05) is 19.7 Å². The molecule has 0 amide bonds. The largest absolute Gasteiger partial charge is 0.478 e. The average Bonchev–Trinajstić information content (AvgIpc) is 3.54. The molecule has 1 unspecified atom stereocenters. The number of carboxylic acids is 1. The summed E-state index contributed by atoms with van der Waals surface area (Å²) >= 11 is 0. The number of rotatable bonds is 9. The van der Waals surface area contributed by atoms with E-state index in [0.29, 0.717) is 31.5 Å². The molecule has 1 atom stereocenters. The Morgan fingerprint density at radius 1 is 1.02 bits per heavy atom. The van der Waals surface area contributed by atoms with Crippen LogP contribution < -0.4 is 4.74 Å². The molecule has 3 aromatic heterocycles. The quantitative estimate of drug-likeness (QED) is 0.269. The third-order valence-electron chi connectivity index (χ3n) is 8.18. The summed E-state index contributed by atoms with van der Waals surface area (Å²) in [5.41, 5.74) is 4.49. The van der Waals surface area contributed by atoms with E-state index >= 15 is 0 Å². The molecule has 10 heteroatoms. The summed E-state index contributed by atoms with van der Waals surface area (Å²) in [7, 11) is 0. The lowest BCUT2D eigenvalue weighted by Gasteiger charge is -2.32. The Balaban J connectivity index is 1.01. The first-order valence-electron chi connectivity index (χ1n) is 14.1. The van der Waals surface area contributed by atoms with Crippen LogP contribution in [0.1, 0.15) is 52.8 Å². The normalized spacial score (nSPS) is 18.1. The van der Waals surface area contributed by atoms with Crippen LogP contribution in [0.2, 0.25) is 0 Å². The lowest BCUT2D eigenvalue weighted by atomic mass is 9.93. The van der Waals surface area contributed by atoms with Gasteiger partial charge >= 0.3 is 5.97 Å². The maximum absolute atomic E-state index is 11.6. The molecule has 2 aliphatic rings. The summed E-state index contributed by atoms with van der Waals surface area (Å²) in [6.07, 6.45) is 3.13. The molecule has 2 aliphatic heterocycles. The number of carbonyl (C=O) groups is 1. The van der Waals surface area contributed by atoms with Gasteiger partial charge in [-0.3, -0.25) is 4.90 Å². The van der Waals surface area contributed by atoms with E-state index in [0.717, 1.165) is 78.2 Å². The number of likely N-dealkylation sites (tertiary alicyclic amines) is 1. The number of imidazole rings is 1. The molecule has 0 saturated carbocycles. The summed E-state index contributed by atoms with van der Waals surface area (Å²) < 4.78 is 19.2. The number of fused-ring (bicyclic) bond motifs is 2. The lowest BCUT2D eigenvalue weighted by Crippen LogP contribution is -2.35. The highest BCUT2D eigenvalue weighted by molar-refractivity contribution is 5.92. The van der Waals surface area contributed by atoms with Gasteiger partial charge in [0, 0.05) is 29.7 Å². The summed E-state index contributed by atoms with van der Waals surface area (Å²) in [4.78, 5) is 23.7. The summed E-state index contributed by atoms with van der Waals surface area (Å²) in [5.74, 6) is 0.955. The van der Waals surface area contributed by atoms with E-state index in [1.165, 1.54) is 0 Å². The zero-order valence-electron chi connectivity index (χ0n) is 22.6. The number of aromatic carboxylic acids is 1. The summed E-state index contributed by atoms with van der Waals surface area (Å²) in [6.45, 7) is 4.31. The molecule has 10 nitrogen and oxygen atoms in total. The van der Waals surface area contributed by atoms with Gasteiger partial charge in [-0.2, -0.15) is 0 Å². The second-order valence-corrected chi connectivity index (χ2v) is 10.8. The van der Waals surface area contributed by atoms with Gasteiger partial charge in [-0.05, 0) is 68.8 Å². The molecule has 0 bridgehead atoms. The number of para-hydroxylation sites is 1. The van der Waals surface area contributed by atoms with Crippen LogP contribution in [-0.2, 0) is 24.4 Å². The van der Waals surface area contributed by atoms with Crippen LogP contribution in [0.5, 0.6) is 5.88 Å². The Bertz CT molecular complexity index is 1700. The molecule has 2 saturated heterocycles. The SMILES string of the molecule is O=C(O)c1ccc2nc(CN3CCC(c4cccc(OCc5noc6ccccc56)n4)CC3)n(CC3CCO3)c2c1. The van der Waals surface area contributed by atoms with Crippen molar-refractivity contribution >= 4 is 28.0 Å². The maximum atomic E-state index is 11.6. The van der Waals surface area contributed by atoms with Crippen LogP contribution in [0.25, 0.3) is 22.0 Å². The van der Waals surface area contributed by atoms with Crippen molar-refractivity contribution in [3.63, 3.8) is 0 Å². The van der Waals surface area contributed by atoms with Gasteiger partial charge in [0.25, 0.3) is 0 Å². The Morgan fingerprint density at radius 2 is 1.88 bits per heavy atom. The standard InChI is InChI=1S/C31H31N5O5/c37-31(38)21-8-9-25-27(16-21)36(17-22-12-15-39-22)29(32-25)18-35-13-10-20(11-14-35)24-5-3-7-30(33-24)40-19-26-23-4-1-2-6-28(23)41-34-26/h1-9,16,20,22H,10-15,17-19H2,(H,37,38). The molecule has 2 fully saturated rings. The van der Waals surface area contributed by atoms with Crippen LogP contribution in [0.15, 0.2) is 65.2 Å². The van der Waals surface area contributed by atoms with Crippen molar-refractivity contribution in [2.24, 2.45) is 0 Å². The van der Waals surface area contributed by atoms with Crippen molar-refractivity contribution in [1.82, 2.24) is 24.6 Å². The third kappa shape index (κ3) is 5.28. The van der Waals surface area contributed by atoms with E-state index in [-0.39, 0.29) is 11.7 Å². The molecular formula is C31H31N5O5. The lowest BCUT2D eigenvalue weighted by molar-refractivity contribution is -0.0592. The molecule has 7 rings (SSSR count). The maximum Gasteiger partial charge on any atom is 0.335 e. The van der Waals surface area contributed by atoms with Crippen molar-refractivity contribution in [3.8, 4) is 5.88 Å². The first-order chi connectivity index (χ1) is 20.1. The molecule has 41 heavy (non-hydrogen) atoms. The predicted molar refractivity (Wildman–Crippen MR) is 151 cm³/mol. The number of piperidine rings is 1. The Kier molecular flexibility index (Phi) is 6.85. The van der Waals surface area contributed by atoms with Gasteiger partial charge in [0.2, 0.25) is 5.88 Å². The van der Waals surface area contributed by atoms with E-state index in [4.69, 9.17) is 24.0 Å². The molecular weight excluding hydrogens is 522 g/mol. The van der Waals surface area contributed by atoms with Gasteiger partial charge in [-0.1, -0.05) is 23.4 Å². The van der Waals surface area contributed by atoms with Gasteiger partial charge in [0.05, 0.1) is 35.8 Å². The van der Waals surface area contributed by atoms with E-state index in [2.05, 4.69) is 20.7 Å². The predicted octanol–water partition coefficient (Wildman–Crippen LogP) is 5.02. The fourth-order valence-corrected chi connectivity index (χ4v) is 5.77. The fourth-order valence-electron chi connectivity index (χ4n) is 5.77. The molecule has 0 radical (unpaired) electrons. The van der Waals surface area contributed by atoms with Gasteiger partial charge in [0.15, 0.2) is 5.58 Å². The molecule has 5 aromatic rings. The van der Waals surface area contributed by atoms with Crippen molar-refractivity contribution in [3.05, 3.63) is 83.4 Å². The Morgan fingerprint density at radius 3 is 2.68 bits per heavy atom. The molecule has 0 aliphatic carbocycles. The van der Waals surface area contributed by atoms with Gasteiger partial charge in [0.1, 0.15) is 18.1 Å². The third-order valence-corrected chi connectivity index (χ3v) is 8.18. The number of hydrogen-bond acceptors (Lipinski definition) is 8. The van der Waals surface area contributed by atoms with E-state index in [1.54, 1.807) is 18.2 Å². The second-order valence-electron chi connectivity index (χ2n) is 10.8. The minimum atomic E-state index is -0.933. The summed E-state index contributed by atoms with van der Waals surface area (Å²) in [5, 5.41) is 14.6. The Labute approximate surface area is 236 Å². The van der Waals surface area contributed by atoms with Crippen LogP contribution in [0.3, 0.4) is 0 Å². The zero-order chi connectivity index (χ0) is 27.8. The topological polar surface area (TPSA) is 116 Å². The van der Waals surface area contributed by atoms with E-state index in [1.807, 2.05) is 36.4 Å². The highest BCUT2D eigenvalue weighted by atomic mass is 16.5. The van der Waals surface area contributed by atoms with Crippen LogP contribution >= 0.6 is 0 Å². The number of aromatic nitrogens is 4. The second kappa shape index (κ2) is 10.9. The zero-order valence-corrected chi connectivity index (χ0v) is 22.6. The molecule has 2 aromatic carbocycles. The highest BCUT2D eigenvalue weighted by Gasteiger charge is 2.26. The number of nitrogens with zero attached hydrogens (tertiary/aromatic N) is 5. The van der Waals surface area contributed by atoms with E-state index < -0.39 is 5.97 Å². The molecule has 210 valence electrons. The molecule has 0 spiro atoms. The number of ether oxygens (including phenoxy) is 2. The van der Waals surface area contributed by atoms with Crippen LogP contribution in [0, 0.1) is 0 Å². The minimum absolute atomic E-state index is 0.147. The minimum Gasteiger partial charge on any atom is -0.478 e. The van der Waals surface area contributed by atoms with Gasteiger partial charge in [-0.15, -0.1) is 0 Å². The summed E-state index contributed by atoms with van der Waals surface area (Å²) in [6, 6.07) is 18.9. The first-order valence-corrected chi connectivity index (χ1v) is 14.1. The number of hydrogen-bond donors (Lipinski definition) is 1.